The van der Waals surface area contributed by atoms with Crippen LogP contribution in [0.5, 0.6) is 0 Å². The number of H-pyrrole nitrogens is 1. The number of thiazole rings is 1. The van der Waals surface area contributed by atoms with Gasteiger partial charge in [0.05, 0.1) is 13.2 Å². The van der Waals surface area contributed by atoms with Crippen molar-refractivity contribution in [2.75, 3.05) is 31.9 Å². The molecule has 1 saturated heterocycles. The van der Waals surface area contributed by atoms with E-state index in [0.29, 0.717) is 16.3 Å². The van der Waals surface area contributed by atoms with Gasteiger partial charge < -0.3 is 29.5 Å². The summed E-state index contributed by atoms with van der Waals surface area (Å²) in [5, 5.41) is 19.1. The Kier molecular flexibility index (Phi) is 15.6. The fraction of sp³-hybridized carbons (Fsp3) is 0.170. The van der Waals surface area contributed by atoms with Gasteiger partial charge in [-0.3, -0.25) is 28.6 Å². The average molecular weight is 1040 g/mol. The molecular formula is C53H46N8O9S3. The predicted molar refractivity (Wildman–Crippen MR) is 278 cm³/mol. The second kappa shape index (κ2) is 22.7. The number of aromatic nitrogens is 4. The second-order valence-electron chi connectivity index (χ2n) is 16.4. The Bertz CT molecular complexity index is 3170. The summed E-state index contributed by atoms with van der Waals surface area (Å²) in [6, 6.07) is 46.5. The molecule has 0 saturated carbocycles. The van der Waals surface area contributed by atoms with Crippen molar-refractivity contribution in [1.82, 2.24) is 30.0 Å². The van der Waals surface area contributed by atoms with Crippen LogP contribution in [0.1, 0.15) is 39.6 Å². The quantitative estimate of drug-likeness (QED) is 0.0122. The fourth-order valence-electron chi connectivity index (χ4n) is 8.62. The van der Waals surface area contributed by atoms with Crippen molar-refractivity contribution in [2.24, 2.45) is 5.16 Å². The first-order chi connectivity index (χ1) is 35.6. The zero-order valence-electron chi connectivity index (χ0n) is 39.2. The molecule has 17 nitrogen and oxygen atoms in total. The van der Waals surface area contributed by atoms with Crippen molar-refractivity contribution < 1.29 is 33.2 Å². The van der Waals surface area contributed by atoms with Gasteiger partial charge in [-0.05, 0) is 50.5 Å². The summed E-state index contributed by atoms with van der Waals surface area (Å²) in [6.45, 7) is 0.140. The van der Waals surface area contributed by atoms with Crippen LogP contribution in [0.25, 0.3) is 0 Å². The topological polar surface area (TPSA) is 222 Å². The number of hydrogen-bond donors (Lipinski definition) is 3. The summed E-state index contributed by atoms with van der Waals surface area (Å²) < 4.78 is 26.9. The fourth-order valence-corrected chi connectivity index (χ4v) is 11.8. The minimum atomic E-state index is -1.90. The maximum atomic E-state index is 14.7. The van der Waals surface area contributed by atoms with Gasteiger partial charge in [0.25, 0.3) is 11.8 Å². The van der Waals surface area contributed by atoms with Gasteiger partial charge in [-0.25, -0.2) is 14.9 Å². The maximum Gasteiger partial charge on any atom is 0.356 e. The van der Waals surface area contributed by atoms with Crippen LogP contribution < -0.4 is 21.8 Å². The standard InChI is InChI=1S/C53H46N8O9S3/c1-68-30-29-60-48(65)46(63)57-58-52(60)71-31-28-36-33-73(67)49-42(47(64)61(49)43(36)50(66)70-44(34-18-8-3-9-19-34)35-20-10-4-11-21-35)55-45(62)41(59-69-2)40-32-72-51(54-40)56-53(37-22-12-5-13-23-37,38-24-14-6-15-25-38)39-26-16-7-17-27-39/h3-28,31-32,42,44,49H,29-30,33H2,1-2H3,(H,54,56)(H,55,62)(H,57,63)/b31-28+,59-41+. The Morgan fingerprint density at radius 2 is 1.44 bits per heavy atom. The molecule has 0 radical (unpaired) electrons. The van der Waals surface area contributed by atoms with E-state index in [1.165, 1.54) is 37.0 Å². The second-order valence-corrected chi connectivity index (χ2v) is 19.7. The van der Waals surface area contributed by atoms with Crippen molar-refractivity contribution in [3.63, 3.8) is 0 Å². The van der Waals surface area contributed by atoms with E-state index in [2.05, 4.69) is 26.0 Å². The van der Waals surface area contributed by atoms with E-state index in [0.717, 1.165) is 37.9 Å². The number of esters is 1. The molecule has 3 unspecified atom stereocenters. The highest BCUT2D eigenvalue weighted by atomic mass is 32.2. The molecule has 2 aliphatic heterocycles. The lowest BCUT2D eigenvalue weighted by atomic mass is 9.77. The number of nitrogens with one attached hydrogen (secondary N) is 3. The number of fused-ring (bicyclic) bond motifs is 1. The third kappa shape index (κ3) is 10.4. The molecule has 2 aliphatic rings. The van der Waals surface area contributed by atoms with Gasteiger partial charge in [-0.1, -0.05) is 169 Å². The van der Waals surface area contributed by atoms with E-state index in [1.807, 2.05) is 152 Å². The number of carbonyl (C=O) groups excluding carboxylic acids is 3. The number of anilines is 1. The summed E-state index contributed by atoms with van der Waals surface area (Å²) in [5.41, 5.74) is 1.26. The Balaban J connectivity index is 1.02. The highest BCUT2D eigenvalue weighted by molar-refractivity contribution is 8.02. The number of nitrogens with zero attached hydrogens (tertiary/aromatic N) is 5. The van der Waals surface area contributed by atoms with Crippen LogP contribution in [-0.2, 0) is 52.0 Å². The molecule has 0 spiro atoms. The lowest BCUT2D eigenvalue weighted by Gasteiger charge is -2.49. The Morgan fingerprint density at radius 1 is 0.877 bits per heavy atom. The minimum Gasteiger partial charge on any atom is -0.614 e. The number of allylic oxidation sites excluding steroid dienone is 1. The number of hydrogen-bond acceptors (Lipinski definition) is 15. The number of amides is 2. The van der Waals surface area contributed by atoms with Gasteiger partial charge >= 0.3 is 17.1 Å². The molecule has 5 aromatic carbocycles. The van der Waals surface area contributed by atoms with Gasteiger partial charge in [0, 0.05) is 18.1 Å². The van der Waals surface area contributed by atoms with Crippen LogP contribution in [0.4, 0.5) is 5.13 Å². The molecule has 7 aromatic rings. The van der Waals surface area contributed by atoms with E-state index in [9.17, 15) is 28.5 Å². The molecule has 2 aromatic heterocycles. The molecule has 9 rings (SSSR count). The van der Waals surface area contributed by atoms with Crippen molar-refractivity contribution in [3.05, 3.63) is 234 Å². The van der Waals surface area contributed by atoms with Crippen molar-refractivity contribution in [3.8, 4) is 0 Å². The van der Waals surface area contributed by atoms with Gasteiger partial charge in [0.15, 0.2) is 28.1 Å². The van der Waals surface area contributed by atoms with Crippen molar-refractivity contribution in [2.45, 2.75) is 34.8 Å². The third-order valence-corrected chi connectivity index (χ3v) is 15.2. The van der Waals surface area contributed by atoms with Gasteiger partial charge in [0.1, 0.15) is 29.8 Å². The van der Waals surface area contributed by atoms with Crippen LogP contribution in [0.2, 0.25) is 0 Å². The molecule has 370 valence electrons. The summed E-state index contributed by atoms with van der Waals surface area (Å²) in [7, 11) is 2.72. The number of carbonyl (C=O) groups is 3. The molecule has 4 heterocycles. The predicted octanol–water partition coefficient (Wildman–Crippen LogP) is 6.10. The number of aromatic amines is 1. The zero-order chi connectivity index (χ0) is 50.9. The minimum absolute atomic E-state index is 0.0267. The summed E-state index contributed by atoms with van der Waals surface area (Å²) in [5.74, 6) is -2.72. The summed E-state index contributed by atoms with van der Waals surface area (Å²) in [4.78, 5) is 79.5. The molecule has 1 fully saturated rings. The van der Waals surface area contributed by atoms with Crippen LogP contribution in [-0.4, -0.2) is 90.7 Å². The molecule has 0 bridgehead atoms. The number of oxime groups is 1. The van der Waals surface area contributed by atoms with Gasteiger partial charge in [0.2, 0.25) is 5.37 Å². The van der Waals surface area contributed by atoms with E-state index in [4.69, 9.17) is 19.3 Å². The SMILES string of the molecule is COCCn1c(S/C=C/C2=C(C(=O)OC(c3ccccc3)c3ccccc3)N3C(=O)C(NC(=O)/C(=N/OC)c4csc(NC(c5ccccc5)(c5ccccc5)c5ccccc5)n4)C3[S+]([O-])C2)n[nH]c(=O)c1=O. The van der Waals surface area contributed by atoms with Crippen molar-refractivity contribution >= 4 is 62.9 Å². The first-order valence-electron chi connectivity index (χ1n) is 22.7. The van der Waals surface area contributed by atoms with E-state index in [-0.39, 0.29) is 46.7 Å². The number of benzene rings is 5. The molecule has 3 atom stereocenters. The lowest BCUT2D eigenvalue weighted by Crippen LogP contribution is -2.75. The maximum absolute atomic E-state index is 14.7. The summed E-state index contributed by atoms with van der Waals surface area (Å²) >= 11 is 0.274. The summed E-state index contributed by atoms with van der Waals surface area (Å²) in [6.07, 6.45) is 0.565. The number of rotatable bonds is 19. The number of ether oxygens (including phenoxy) is 2. The van der Waals surface area contributed by atoms with Crippen LogP contribution in [0.3, 0.4) is 0 Å². The smallest absolute Gasteiger partial charge is 0.356 e. The molecule has 20 heteroatoms. The van der Waals surface area contributed by atoms with E-state index < -0.39 is 63.1 Å². The zero-order valence-corrected chi connectivity index (χ0v) is 41.6. The molecule has 3 N–H and O–H groups in total. The Labute approximate surface area is 429 Å². The van der Waals surface area contributed by atoms with E-state index in [1.54, 1.807) is 5.38 Å². The van der Waals surface area contributed by atoms with Crippen molar-refractivity contribution in [1.29, 1.82) is 0 Å². The normalized spacial score (nSPS) is 16.8. The number of thioether (sulfide) groups is 1. The monoisotopic (exact) mass is 1030 g/mol. The molecule has 73 heavy (non-hydrogen) atoms. The first-order valence-corrected chi connectivity index (χ1v) is 25.9. The Hall–Kier alpha value is -7.88. The average Bonchev–Trinajstić information content (AvgIpc) is 3.89. The van der Waals surface area contributed by atoms with Gasteiger partial charge in [-0.15, -0.1) is 16.4 Å². The largest absolute Gasteiger partial charge is 0.614 e. The third-order valence-electron chi connectivity index (χ3n) is 12.0. The highest BCUT2D eigenvalue weighted by Gasteiger charge is 2.61. The molecule has 2 amide bonds. The molecular weight excluding hydrogens is 989 g/mol. The van der Waals surface area contributed by atoms with Crippen LogP contribution >= 0.6 is 23.1 Å². The molecule has 0 aliphatic carbocycles. The first kappa shape index (κ1) is 50.1. The Morgan fingerprint density at radius 3 is 1.99 bits per heavy atom. The van der Waals surface area contributed by atoms with Crippen LogP contribution in [0.15, 0.2) is 200 Å². The lowest BCUT2D eigenvalue weighted by molar-refractivity contribution is -0.154. The van der Waals surface area contributed by atoms with Crippen LogP contribution in [0, 0.1) is 0 Å². The van der Waals surface area contributed by atoms with Gasteiger partial charge in [-0.2, -0.15) is 0 Å². The van der Waals surface area contributed by atoms with E-state index >= 15 is 0 Å². The highest BCUT2D eigenvalue weighted by Crippen LogP contribution is 2.42. The number of methoxy groups -OCH3 is 1. The number of β-lactam (4-membered cyclic amide) rings is 1.